The number of rotatable bonds is 6. The normalized spacial score (nSPS) is 24.6. The van der Waals surface area contributed by atoms with Crippen LogP contribution in [0.4, 0.5) is 0 Å². The summed E-state index contributed by atoms with van der Waals surface area (Å²) in [7, 11) is 0. The van der Waals surface area contributed by atoms with Gasteiger partial charge in [-0.1, -0.05) is 32.8 Å². The number of hydrogen-bond acceptors (Lipinski definition) is 3. The van der Waals surface area contributed by atoms with Gasteiger partial charge in [0, 0.05) is 17.5 Å². The maximum atomic E-state index is 4.65. The van der Waals surface area contributed by atoms with Crippen molar-refractivity contribution in [2.45, 2.75) is 69.2 Å². The molecule has 1 aliphatic carbocycles. The fourth-order valence-corrected chi connectivity index (χ4v) is 4.16. The summed E-state index contributed by atoms with van der Waals surface area (Å²) in [5.74, 6) is 0.888. The van der Waals surface area contributed by atoms with Crippen LogP contribution in [0.15, 0.2) is 23.4 Å². The first-order valence-electron chi connectivity index (χ1n) is 8.05. The number of nitrogens with one attached hydrogen (secondary N) is 1. The van der Waals surface area contributed by atoms with Gasteiger partial charge in [-0.3, -0.25) is 0 Å². The summed E-state index contributed by atoms with van der Waals surface area (Å²) in [4.78, 5) is 4.65. The molecule has 0 radical (unpaired) electrons. The van der Waals surface area contributed by atoms with Gasteiger partial charge in [0.15, 0.2) is 0 Å². The van der Waals surface area contributed by atoms with Crippen molar-refractivity contribution in [3.8, 4) is 0 Å². The zero-order valence-corrected chi connectivity index (χ0v) is 13.9. The van der Waals surface area contributed by atoms with Crippen LogP contribution in [0.2, 0.25) is 0 Å². The zero-order valence-electron chi connectivity index (χ0n) is 13.1. The van der Waals surface area contributed by atoms with Crippen molar-refractivity contribution in [1.82, 2.24) is 10.3 Å². The molecular formula is C17H28N2S. The Bertz CT molecular complexity index is 390. The second-order valence-electron chi connectivity index (χ2n) is 6.12. The molecule has 0 aliphatic heterocycles. The lowest BCUT2D eigenvalue weighted by atomic mass is 9.91. The minimum absolute atomic E-state index is 0.399. The molecule has 0 amide bonds. The Labute approximate surface area is 128 Å². The van der Waals surface area contributed by atoms with Crippen molar-refractivity contribution < 1.29 is 0 Å². The van der Waals surface area contributed by atoms with Gasteiger partial charge in [0.1, 0.15) is 0 Å². The van der Waals surface area contributed by atoms with Crippen molar-refractivity contribution in [2.24, 2.45) is 5.92 Å². The largest absolute Gasteiger partial charge is 0.310 e. The number of nitrogens with zero attached hydrogens (tertiary/aromatic N) is 1. The Morgan fingerprint density at radius 3 is 2.90 bits per heavy atom. The highest BCUT2D eigenvalue weighted by molar-refractivity contribution is 7.99. The van der Waals surface area contributed by atoms with Crippen LogP contribution in [0.25, 0.3) is 0 Å². The number of thioether (sulfide) groups is 1. The third kappa shape index (κ3) is 4.78. The molecule has 3 heteroatoms. The van der Waals surface area contributed by atoms with Crippen molar-refractivity contribution in [3.05, 3.63) is 23.9 Å². The number of hydrogen-bond donors (Lipinski definition) is 1. The summed E-state index contributed by atoms with van der Waals surface area (Å²) in [6.07, 6.45) is 8.71. The first-order valence-corrected chi connectivity index (χ1v) is 8.93. The summed E-state index contributed by atoms with van der Waals surface area (Å²) in [6.45, 7) is 7.85. The van der Waals surface area contributed by atoms with E-state index < -0.39 is 0 Å². The molecule has 1 aromatic rings. The number of aromatic nitrogens is 1. The number of pyridine rings is 1. The van der Waals surface area contributed by atoms with Crippen molar-refractivity contribution in [2.75, 3.05) is 6.54 Å². The first-order chi connectivity index (χ1) is 9.69. The molecule has 1 heterocycles. The molecule has 112 valence electrons. The predicted octanol–water partition coefficient (Wildman–Crippen LogP) is 4.81. The van der Waals surface area contributed by atoms with Crippen LogP contribution in [-0.2, 0) is 0 Å². The fourth-order valence-electron chi connectivity index (χ4n) is 2.85. The average molecular weight is 292 g/mol. The predicted molar refractivity (Wildman–Crippen MR) is 88.2 cm³/mol. The van der Waals surface area contributed by atoms with Gasteiger partial charge in [0.25, 0.3) is 0 Å². The highest BCUT2D eigenvalue weighted by atomic mass is 32.2. The van der Waals surface area contributed by atoms with Crippen LogP contribution in [0, 0.1) is 5.92 Å². The van der Waals surface area contributed by atoms with Crippen LogP contribution >= 0.6 is 11.8 Å². The Kier molecular flexibility index (Phi) is 6.37. The third-order valence-electron chi connectivity index (χ3n) is 4.14. The molecule has 0 spiro atoms. The average Bonchev–Trinajstić information content (AvgIpc) is 2.45. The molecule has 2 rings (SSSR count). The molecule has 1 aliphatic rings. The summed E-state index contributed by atoms with van der Waals surface area (Å²) in [6, 6.07) is 4.83. The van der Waals surface area contributed by atoms with Crippen LogP contribution in [0.1, 0.15) is 64.5 Å². The Hall–Kier alpha value is -0.540. The Morgan fingerprint density at radius 2 is 2.25 bits per heavy atom. The smallest absolute Gasteiger partial charge is 0.0962 e. The minimum atomic E-state index is 0.399. The Balaban J connectivity index is 1.87. The van der Waals surface area contributed by atoms with E-state index in [1.165, 1.54) is 42.7 Å². The minimum Gasteiger partial charge on any atom is -0.310 e. The van der Waals surface area contributed by atoms with Gasteiger partial charge < -0.3 is 5.32 Å². The molecule has 3 unspecified atom stereocenters. The van der Waals surface area contributed by atoms with Gasteiger partial charge in [-0.25, -0.2) is 4.98 Å². The maximum absolute atomic E-state index is 4.65. The third-order valence-corrected chi connectivity index (χ3v) is 5.38. The molecular weight excluding hydrogens is 264 g/mol. The topological polar surface area (TPSA) is 24.9 Å². The monoisotopic (exact) mass is 292 g/mol. The highest BCUT2D eigenvalue weighted by Crippen LogP contribution is 2.35. The molecule has 0 bridgehead atoms. The molecule has 2 nitrogen and oxygen atoms in total. The Morgan fingerprint density at radius 1 is 1.40 bits per heavy atom. The first kappa shape index (κ1) is 15.8. The van der Waals surface area contributed by atoms with E-state index in [1.807, 2.05) is 18.0 Å². The van der Waals surface area contributed by atoms with E-state index in [4.69, 9.17) is 0 Å². The van der Waals surface area contributed by atoms with Crippen LogP contribution in [0.3, 0.4) is 0 Å². The lowest BCUT2D eigenvalue weighted by Gasteiger charge is -2.25. The SMILES string of the molecule is CCCNC(C)c1ccc(SC2CCCC(C)C2)nc1. The summed E-state index contributed by atoms with van der Waals surface area (Å²) in [5.41, 5.74) is 1.29. The van der Waals surface area contributed by atoms with E-state index in [-0.39, 0.29) is 0 Å². The van der Waals surface area contributed by atoms with E-state index in [0.717, 1.165) is 17.7 Å². The van der Waals surface area contributed by atoms with Gasteiger partial charge in [-0.05, 0) is 50.3 Å². The summed E-state index contributed by atoms with van der Waals surface area (Å²) in [5, 5.41) is 5.47. The van der Waals surface area contributed by atoms with Gasteiger partial charge in [0.2, 0.25) is 0 Å². The molecule has 3 atom stereocenters. The van der Waals surface area contributed by atoms with E-state index in [2.05, 4.69) is 43.2 Å². The highest BCUT2D eigenvalue weighted by Gasteiger charge is 2.20. The summed E-state index contributed by atoms with van der Waals surface area (Å²) < 4.78 is 0. The van der Waals surface area contributed by atoms with Crippen LogP contribution in [-0.4, -0.2) is 16.8 Å². The zero-order chi connectivity index (χ0) is 14.4. The molecule has 20 heavy (non-hydrogen) atoms. The van der Waals surface area contributed by atoms with E-state index >= 15 is 0 Å². The van der Waals surface area contributed by atoms with Gasteiger partial charge in [-0.2, -0.15) is 0 Å². The van der Waals surface area contributed by atoms with Crippen molar-refractivity contribution >= 4 is 11.8 Å². The van der Waals surface area contributed by atoms with Crippen LogP contribution in [0.5, 0.6) is 0 Å². The molecule has 0 saturated heterocycles. The maximum Gasteiger partial charge on any atom is 0.0962 e. The molecule has 1 aromatic heterocycles. The fraction of sp³-hybridized carbons (Fsp3) is 0.706. The molecule has 1 saturated carbocycles. The lowest BCUT2D eigenvalue weighted by molar-refractivity contribution is 0.394. The van der Waals surface area contributed by atoms with E-state index in [1.54, 1.807) is 0 Å². The van der Waals surface area contributed by atoms with E-state index in [9.17, 15) is 0 Å². The van der Waals surface area contributed by atoms with Gasteiger partial charge >= 0.3 is 0 Å². The van der Waals surface area contributed by atoms with Crippen molar-refractivity contribution in [3.63, 3.8) is 0 Å². The second-order valence-corrected chi connectivity index (χ2v) is 7.44. The second kappa shape index (κ2) is 8.04. The summed E-state index contributed by atoms with van der Waals surface area (Å²) >= 11 is 1.98. The standard InChI is InChI=1S/C17H28N2S/c1-4-10-18-14(3)15-8-9-17(19-12-15)20-16-7-5-6-13(2)11-16/h8-9,12-14,16,18H,4-7,10-11H2,1-3H3. The van der Waals surface area contributed by atoms with Crippen LogP contribution < -0.4 is 5.32 Å². The quantitative estimate of drug-likeness (QED) is 0.814. The van der Waals surface area contributed by atoms with Gasteiger partial charge in [0.05, 0.1) is 5.03 Å². The molecule has 1 N–H and O–H groups in total. The van der Waals surface area contributed by atoms with Crippen molar-refractivity contribution in [1.29, 1.82) is 0 Å². The molecule has 0 aromatic carbocycles. The van der Waals surface area contributed by atoms with Gasteiger partial charge in [-0.15, -0.1) is 11.8 Å². The van der Waals surface area contributed by atoms with E-state index in [0.29, 0.717) is 6.04 Å². The molecule has 1 fully saturated rings. The lowest BCUT2D eigenvalue weighted by Crippen LogP contribution is -2.19.